The molecule has 6 heteroatoms. The molecule has 0 bridgehead atoms. The van der Waals surface area contributed by atoms with Gasteiger partial charge in [0.25, 0.3) is 0 Å². The van der Waals surface area contributed by atoms with Crippen molar-refractivity contribution in [1.82, 2.24) is 24.6 Å². The quantitative estimate of drug-likeness (QED) is 0.507. The molecule has 28 heavy (non-hydrogen) atoms. The number of hydrogen-bond acceptors (Lipinski definition) is 5. The van der Waals surface area contributed by atoms with Crippen molar-refractivity contribution in [1.29, 1.82) is 0 Å². The Morgan fingerprint density at radius 3 is 2.50 bits per heavy atom. The van der Waals surface area contributed by atoms with Gasteiger partial charge in [-0.1, -0.05) is 48.5 Å². The normalized spacial score (nSPS) is 12.3. The summed E-state index contributed by atoms with van der Waals surface area (Å²) in [6.07, 6.45) is 1.97. The first-order chi connectivity index (χ1) is 13.8. The van der Waals surface area contributed by atoms with Crippen LogP contribution < -0.4 is 5.32 Å². The van der Waals surface area contributed by atoms with E-state index in [0.717, 1.165) is 33.8 Å². The van der Waals surface area contributed by atoms with Crippen molar-refractivity contribution >= 4 is 22.4 Å². The Bertz CT molecular complexity index is 1260. The van der Waals surface area contributed by atoms with E-state index in [1.165, 1.54) is 0 Å². The van der Waals surface area contributed by atoms with Gasteiger partial charge in [-0.05, 0) is 31.2 Å². The summed E-state index contributed by atoms with van der Waals surface area (Å²) in [5.74, 6) is 2.31. The van der Waals surface area contributed by atoms with Crippen molar-refractivity contribution in [3.63, 3.8) is 0 Å². The maximum absolute atomic E-state index is 4.82. The van der Waals surface area contributed by atoms with Crippen molar-refractivity contribution in [2.24, 2.45) is 0 Å². The summed E-state index contributed by atoms with van der Waals surface area (Å²) >= 11 is 0. The standard InChI is InChI=1S/C22H18N6/c1-15(22-27-26-19-13-7-8-14-28(19)22)23-21-17-11-5-6-12-18(17)24-20(25-21)16-9-3-2-4-10-16/h2-15H,1H3,(H,23,24,25). The first-order valence-electron chi connectivity index (χ1n) is 9.18. The van der Waals surface area contributed by atoms with Crippen molar-refractivity contribution in [3.05, 3.63) is 84.8 Å². The van der Waals surface area contributed by atoms with Crippen molar-refractivity contribution in [3.8, 4) is 11.4 Å². The second-order valence-electron chi connectivity index (χ2n) is 6.63. The third kappa shape index (κ3) is 2.85. The molecule has 1 atom stereocenters. The molecular weight excluding hydrogens is 348 g/mol. The monoisotopic (exact) mass is 366 g/mol. The lowest BCUT2D eigenvalue weighted by atomic mass is 10.1. The molecule has 3 heterocycles. The molecule has 0 saturated carbocycles. The number of aromatic nitrogens is 5. The Morgan fingerprint density at radius 1 is 0.821 bits per heavy atom. The van der Waals surface area contributed by atoms with E-state index in [2.05, 4.69) is 22.4 Å². The first kappa shape index (κ1) is 16.4. The Hall–Kier alpha value is -3.80. The number of rotatable bonds is 4. The molecule has 0 saturated heterocycles. The number of fused-ring (bicyclic) bond motifs is 2. The van der Waals surface area contributed by atoms with Gasteiger partial charge in [0.1, 0.15) is 5.82 Å². The summed E-state index contributed by atoms with van der Waals surface area (Å²) in [5.41, 5.74) is 2.71. The molecule has 0 spiro atoms. The molecule has 0 aliphatic rings. The topological polar surface area (TPSA) is 68.0 Å². The molecule has 0 aliphatic carbocycles. The third-order valence-electron chi connectivity index (χ3n) is 4.72. The molecule has 5 rings (SSSR count). The van der Waals surface area contributed by atoms with E-state index < -0.39 is 0 Å². The molecule has 0 aliphatic heterocycles. The fourth-order valence-corrected chi connectivity index (χ4v) is 3.33. The van der Waals surface area contributed by atoms with Gasteiger partial charge in [-0.15, -0.1) is 10.2 Å². The number of pyridine rings is 1. The van der Waals surface area contributed by atoms with E-state index in [1.54, 1.807) is 0 Å². The van der Waals surface area contributed by atoms with Gasteiger partial charge >= 0.3 is 0 Å². The summed E-state index contributed by atoms with van der Waals surface area (Å²) in [4.78, 5) is 9.56. The van der Waals surface area contributed by atoms with Gasteiger partial charge < -0.3 is 5.32 Å². The maximum atomic E-state index is 4.82. The van der Waals surface area contributed by atoms with Crippen LogP contribution in [-0.2, 0) is 0 Å². The van der Waals surface area contributed by atoms with Gasteiger partial charge in [0.2, 0.25) is 0 Å². The van der Waals surface area contributed by atoms with Crippen molar-refractivity contribution in [2.75, 3.05) is 5.32 Å². The molecule has 3 aromatic heterocycles. The van der Waals surface area contributed by atoms with Crippen LogP contribution in [-0.4, -0.2) is 24.6 Å². The highest BCUT2D eigenvalue weighted by Gasteiger charge is 2.16. The lowest BCUT2D eigenvalue weighted by Gasteiger charge is -2.16. The molecule has 1 N–H and O–H groups in total. The van der Waals surface area contributed by atoms with Crippen LogP contribution in [0.15, 0.2) is 79.0 Å². The molecular formula is C22H18N6. The van der Waals surface area contributed by atoms with Crippen molar-refractivity contribution in [2.45, 2.75) is 13.0 Å². The highest BCUT2D eigenvalue weighted by molar-refractivity contribution is 5.90. The Labute approximate surface area is 161 Å². The average molecular weight is 366 g/mol. The van der Waals surface area contributed by atoms with Crippen LogP contribution in [0, 0.1) is 0 Å². The van der Waals surface area contributed by atoms with Gasteiger partial charge in [0.05, 0.1) is 11.6 Å². The molecule has 0 amide bonds. The molecule has 1 unspecified atom stereocenters. The van der Waals surface area contributed by atoms with E-state index in [4.69, 9.17) is 9.97 Å². The van der Waals surface area contributed by atoms with Crippen LogP contribution in [0.1, 0.15) is 18.8 Å². The van der Waals surface area contributed by atoms with E-state index >= 15 is 0 Å². The SMILES string of the molecule is CC(Nc1nc(-c2ccccc2)nc2ccccc12)c1nnc2ccccn12. The summed E-state index contributed by atoms with van der Waals surface area (Å²) in [7, 11) is 0. The molecule has 0 fully saturated rings. The number of anilines is 1. The van der Waals surface area contributed by atoms with E-state index in [-0.39, 0.29) is 6.04 Å². The minimum Gasteiger partial charge on any atom is -0.360 e. The minimum absolute atomic E-state index is 0.0840. The highest BCUT2D eigenvalue weighted by Crippen LogP contribution is 2.27. The summed E-state index contributed by atoms with van der Waals surface area (Å²) < 4.78 is 1.99. The van der Waals surface area contributed by atoms with E-state index in [0.29, 0.717) is 5.82 Å². The summed E-state index contributed by atoms with van der Waals surface area (Å²) in [5, 5.41) is 13.1. The van der Waals surface area contributed by atoms with E-state index in [9.17, 15) is 0 Å². The predicted molar refractivity (Wildman–Crippen MR) is 110 cm³/mol. The van der Waals surface area contributed by atoms with Gasteiger partial charge in [-0.25, -0.2) is 9.97 Å². The highest BCUT2D eigenvalue weighted by atomic mass is 15.3. The van der Waals surface area contributed by atoms with Gasteiger partial charge in [0.15, 0.2) is 17.3 Å². The lowest BCUT2D eigenvalue weighted by molar-refractivity contribution is 0.769. The number of nitrogens with one attached hydrogen (secondary N) is 1. The van der Waals surface area contributed by atoms with Crippen LogP contribution >= 0.6 is 0 Å². The van der Waals surface area contributed by atoms with Crippen LogP contribution in [0.3, 0.4) is 0 Å². The molecule has 0 radical (unpaired) electrons. The second-order valence-corrected chi connectivity index (χ2v) is 6.63. The molecule has 136 valence electrons. The third-order valence-corrected chi connectivity index (χ3v) is 4.72. The fraction of sp³-hybridized carbons (Fsp3) is 0.0909. The number of nitrogens with zero attached hydrogens (tertiary/aromatic N) is 5. The largest absolute Gasteiger partial charge is 0.360 e. The van der Waals surface area contributed by atoms with Gasteiger partial charge in [0, 0.05) is 17.1 Å². The zero-order valence-corrected chi connectivity index (χ0v) is 15.3. The fourth-order valence-electron chi connectivity index (χ4n) is 3.33. The van der Waals surface area contributed by atoms with Crippen molar-refractivity contribution < 1.29 is 0 Å². The minimum atomic E-state index is -0.0840. The smallest absolute Gasteiger partial charge is 0.162 e. The summed E-state index contributed by atoms with van der Waals surface area (Å²) in [6.45, 7) is 2.06. The number of hydrogen-bond donors (Lipinski definition) is 1. The summed E-state index contributed by atoms with van der Waals surface area (Å²) in [6, 6.07) is 23.8. The molecule has 5 aromatic rings. The maximum Gasteiger partial charge on any atom is 0.162 e. The first-order valence-corrected chi connectivity index (χ1v) is 9.18. The zero-order valence-electron chi connectivity index (χ0n) is 15.3. The van der Waals surface area contributed by atoms with Crippen LogP contribution in [0.4, 0.5) is 5.82 Å². The van der Waals surface area contributed by atoms with Gasteiger partial charge in [-0.3, -0.25) is 4.40 Å². The average Bonchev–Trinajstić information content (AvgIpc) is 3.18. The van der Waals surface area contributed by atoms with E-state index in [1.807, 2.05) is 83.4 Å². The predicted octanol–water partition coefficient (Wildman–Crippen LogP) is 4.51. The number of para-hydroxylation sites is 1. The Morgan fingerprint density at radius 2 is 1.61 bits per heavy atom. The second kappa shape index (κ2) is 6.74. The zero-order chi connectivity index (χ0) is 18.9. The number of benzene rings is 2. The van der Waals surface area contributed by atoms with Crippen LogP contribution in [0.5, 0.6) is 0 Å². The Balaban J connectivity index is 1.59. The Kier molecular flexibility index (Phi) is 3.94. The van der Waals surface area contributed by atoms with Crippen LogP contribution in [0.25, 0.3) is 27.9 Å². The lowest BCUT2D eigenvalue weighted by Crippen LogP contribution is -2.12. The molecule has 6 nitrogen and oxygen atoms in total. The molecule has 2 aromatic carbocycles. The van der Waals surface area contributed by atoms with Crippen LogP contribution in [0.2, 0.25) is 0 Å². The van der Waals surface area contributed by atoms with Gasteiger partial charge in [-0.2, -0.15) is 0 Å².